The van der Waals surface area contributed by atoms with E-state index < -0.39 is 28.5 Å². The van der Waals surface area contributed by atoms with E-state index in [1.54, 1.807) is 12.1 Å². The number of hydrogen-bond acceptors (Lipinski definition) is 4. The molecule has 0 spiro atoms. The van der Waals surface area contributed by atoms with E-state index in [0.29, 0.717) is 12.8 Å². The highest BCUT2D eigenvalue weighted by Crippen LogP contribution is 2.30. The van der Waals surface area contributed by atoms with Crippen molar-refractivity contribution >= 4 is 50.7 Å². The van der Waals surface area contributed by atoms with Gasteiger partial charge in [0.15, 0.2) is 0 Å². The Kier molecular flexibility index (Phi) is 11.0. The summed E-state index contributed by atoms with van der Waals surface area (Å²) in [7, 11) is -4.20. The number of sulfonamides is 1. The van der Waals surface area contributed by atoms with Gasteiger partial charge < -0.3 is 10.2 Å². The van der Waals surface area contributed by atoms with Gasteiger partial charge in [0.25, 0.3) is 10.0 Å². The molecule has 0 saturated heterocycles. The molecule has 1 N–H and O–H groups in total. The van der Waals surface area contributed by atoms with Crippen molar-refractivity contribution in [2.45, 2.75) is 57.5 Å². The van der Waals surface area contributed by atoms with Gasteiger partial charge in [0.2, 0.25) is 11.8 Å². The molecular weight excluding hydrogens is 569 g/mol. The first-order valence-corrected chi connectivity index (χ1v) is 15.3. The minimum absolute atomic E-state index is 0.0161. The summed E-state index contributed by atoms with van der Waals surface area (Å²) in [5.41, 5.74) is 2.03. The fraction of sp³-hybridized carbons (Fsp3) is 0.333. The summed E-state index contributed by atoms with van der Waals surface area (Å²) in [6.45, 7) is 7.05. The van der Waals surface area contributed by atoms with Crippen LogP contribution < -0.4 is 9.62 Å². The molecule has 0 radical (unpaired) electrons. The predicted molar refractivity (Wildman–Crippen MR) is 161 cm³/mol. The van der Waals surface area contributed by atoms with Gasteiger partial charge in [-0.25, -0.2) is 8.42 Å². The van der Waals surface area contributed by atoms with Crippen molar-refractivity contribution in [2.75, 3.05) is 17.4 Å². The second-order valence-electron chi connectivity index (χ2n) is 9.86. The molecule has 0 saturated carbocycles. The Morgan fingerprint density at radius 2 is 1.52 bits per heavy atom. The lowest BCUT2D eigenvalue weighted by atomic mass is 10.1. The molecule has 0 aliphatic carbocycles. The van der Waals surface area contributed by atoms with Crippen LogP contribution in [0.5, 0.6) is 0 Å². The second-order valence-corrected chi connectivity index (χ2v) is 12.6. The molecule has 0 aromatic heterocycles. The Balaban J connectivity index is 2.04. The van der Waals surface area contributed by atoms with E-state index >= 15 is 0 Å². The van der Waals surface area contributed by atoms with Crippen LogP contribution in [0.4, 0.5) is 5.69 Å². The van der Waals surface area contributed by atoms with E-state index in [4.69, 9.17) is 23.2 Å². The Labute approximate surface area is 247 Å². The van der Waals surface area contributed by atoms with Crippen molar-refractivity contribution in [1.29, 1.82) is 0 Å². The molecule has 0 aliphatic rings. The highest BCUT2D eigenvalue weighted by Gasteiger charge is 2.33. The van der Waals surface area contributed by atoms with E-state index in [1.165, 1.54) is 35.2 Å². The van der Waals surface area contributed by atoms with Crippen molar-refractivity contribution in [2.24, 2.45) is 0 Å². The van der Waals surface area contributed by atoms with Gasteiger partial charge in [-0.15, -0.1) is 0 Å². The maximum absolute atomic E-state index is 14.0. The Bertz CT molecular complexity index is 1390. The molecule has 0 bridgehead atoms. The van der Waals surface area contributed by atoms with Crippen LogP contribution in [0.1, 0.15) is 38.3 Å². The molecule has 0 heterocycles. The average molecular weight is 605 g/mol. The zero-order valence-electron chi connectivity index (χ0n) is 23.1. The fourth-order valence-electron chi connectivity index (χ4n) is 4.33. The van der Waals surface area contributed by atoms with Crippen molar-refractivity contribution in [1.82, 2.24) is 10.2 Å². The maximum Gasteiger partial charge on any atom is 0.264 e. The average Bonchev–Trinajstić information content (AvgIpc) is 2.89. The fourth-order valence-corrected chi connectivity index (χ4v) is 6.24. The van der Waals surface area contributed by atoms with Gasteiger partial charge >= 0.3 is 0 Å². The van der Waals surface area contributed by atoms with Crippen LogP contribution in [0.15, 0.2) is 77.7 Å². The smallest absolute Gasteiger partial charge is 0.264 e. The number of amides is 2. The Hall–Kier alpha value is -3.07. The van der Waals surface area contributed by atoms with Crippen LogP contribution in [-0.4, -0.2) is 50.3 Å². The van der Waals surface area contributed by atoms with Gasteiger partial charge in [-0.2, -0.15) is 0 Å². The van der Waals surface area contributed by atoms with E-state index in [1.807, 2.05) is 58.0 Å². The van der Waals surface area contributed by atoms with Crippen molar-refractivity contribution in [3.05, 3.63) is 94.0 Å². The van der Waals surface area contributed by atoms with Gasteiger partial charge in [-0.05, 0) is 69.5 Å². The molecule has 3 rings (SSSR count). The standard InChI is InChI=1S/C30H35Cl2N3O4S/c1-5-28(30(37)33-21(2)3)34(16-15-23-9-7-6-8-10-23)29(36)20-35(26-18-24(31)17-25(32)19-26)40(38,39)27-13-11-22(4)12-14-27/h6-14,17-19,21,28H,5,15-16,20H2,1-4H3,(H,33,37). The van der Waals surface area contributed by atoms with Crippen molar-refractivity contribution in [3.63, 3.8) is 0 Å². The van der Waals surface area contributed by atoms with Gasteiger partial charge in [-0.1, -0.05) is 78.2 Å². The molecule has 1 unspecified atom stereocenters. The molecule has 3 aromatic carbocycles. The SMILES string of the molecule is CCC(C(=O)NC(C)C)N(CCc1ccccc1)C(=O)CN(c1cc(Cl)cc(Cl)c1)S(=O)(=O)c1ccc(C)cc1. The number of hydrogen-bond donors (Lipinski definition) is 1. The summed E-state index contributed by atoms with van der Waals surface area (Å²) in [6, 6.07) is 19.4. The summed E-state index contributed by atoms with van der Waals surface area (Å²) < 4.78 is 28.8. The number of nitrogens with zero attached hydrogens (tertiary/aromatic N) is 2. The van der Waals surface area contributed by atoms with Crippen LogP contribution >= 0.6 is 23.2 Å². The number of carbonyl (C=O) groups excluding carboxylic acids is 2. The van der Waals surface area contributed by atoms with Crippen LogP contribution in [0, 0.1) is 6.92 Å². The normalized spacial score (nSPS) is 12.2. The zero-order valence-corrected chi connectivity index (χ0v) is 25.4. The molecule has 214 valence electrons. The first-order chi connectivity index (χ1) is 18.9. The summed E-state index contributed by atoms with van der Waals surface area (Å²) in [5.74, 6) is -0.814. The number of rotatable bonds is 12. The number of benzene rings is 3. The van der Waals surface area contributed by atoms with Crippen LogP contribution in [0.25, 0.3) is 0 Å². The molecule has 0 aliphatic heterocycles. The highest BCUT2D eigenvalue weighted by molar-refractivity contribution is 7.92. The van der Waals surface area contributed by atoms with Gasteiger partial charge in [0.1, 0.15) is 12.6 Å². The van der Waals surface area contributed by atoms with Gasteiger partial charge in [0, 0.05) is 22.6 Å². The lowest BCUT2D eigenvalue weighted by Gasteiger charge is -2.33. The lowest BCUT2D eigenvalue weighted by Crippen LogP contribution is -2.54. The Morgan fingerprint density at radius 1 is 0.925 bits per heavy atom. The van der Waals surface area contributed by atoms with Crippen molar-refractivity contribution in [3.8, 4) is 0 Å². The molecule has 10 heteroatoms. The second kappa shape index (κ2) is 14.0. The van der Waals surface area contributed by atoms with Gasteiger partial charge in [0.05, 0.1) is 10.6 Å². The summed E-state index contributed by atoms with van der Waals surface area (Å²) in [6.07, 6.45) is 0.846. The predicted octanol–water partition coefficient (Wildman–Crippen LogP) is 5.87. The summed E-state index contributed by atoms with van der Waals surface area (Å²) in [4.78, 5) is 28.7. The molecule has 7 nitrogen and oxygen atoms in total. The van der Waals surface area contributed by atoms with E-state index in [-0.39, 0.29) is 39.1 Å². The topological polar surface area (TPSA) is 86.8 Å². The van der Waals surface area contributed by atoms with E-state index in [0.717, 1.165) is 15.4 Å². The zero-order chi connectivity index (χ0) is 29.4. The minimum atomic E-state index is -4.20. The van der Waals surface area contributed by atoms with Crippen LogP contribution in [0.2, 0.25) is 10.0 Å². The highest BCUT2D eigenvalue weighted by atomic mass is 35.5. The third-order valence-electron chi connectivity index (χ3n) is 6.32. The molecule has 3 aromatic rings. The lowest BCUT2D eigenvalue weighted by molar-refractivity contribution is -0.139. The van der Waals surface area contributed by atoms with Gasteiger partial charge in [-0.3, -0.25) is 13.9 Å². The quantitative estimate of drug-likeness (QED) is 0.280. The van der Waals surface area contributed by atoms with Crippen molar-refractivity contribution < 1.29 is 18.0 Å². The summed E-state index contributed by atoms with van der Waals surface area (Å²) >= 11 is 12.5. The number of halogens is 2. The molecule has 0 fully saturated rings. The minimum Gasteiger partial charge on any atom is -0.352 e. The van der Waals surface area contributed by atoms with E-state index in [2.05, 4.69) is 5.32 Å². The maximum atomic E-state index is 14.0. The van der Waals surface area contributed by atoms with Crippen LogP contribution in [0.3, 0.4) is 0 Å². The summed E-state index contributed by atoms with van der Waals surface area (Å²) in [5, 5.41) is 3.34. The monoisotopic (exact) mass is 603 g/mol. The first-order valence-electron chi connectivity index (χ1n) is 13.1. The number of aryl methyl sites for hydroxylation is 1. The van der Waals surface area contributed by atoms with Crippen LogP contribution in [-0.2, 0) is 26.0 Å². The number of carbonyl (C=O) groups is 2. The molecule has 1 atom stereocenters. The Morgan fingerprint density at radius 3 is 2.08 bits per heavy atom. The molecular formula is C30H35Cl2N3O4S. The third kappa shape index (κ3) is 8.22. The molecule has 40 heavy (non-hydrogen) atoms. The third-order valence-corrected chi connectivity index (χ3v) is 8.55. The molecule has 2 amide bonds. The number of nitrogens with one attached hydrogen (secondary N) is 1. The largest absolute Gasteiger partial charge is 0.352 e. The van der Waals surface area contributed by atoms with E-state index in [9.17, 15) is 18.0 Å². The first kappa shape index (κ1) is 31.5. The number of anilines is 1.